The van der Waals surface area contributed by atoms with E-state index >= 15 is 0 Å². The summed E-state index contributed by atoms with van der Waals surface area (Å²) in [6.07, 6.45) is 1.59. The Kier molecular flexibility index (Phi) is 6.13. The minimum atomic E-state index is -0.171. The SMILES string of the molecule is C=C(NC=NC)c1cccc(NCc2ccc(C(C)C)cc2F)c1. The third-order valence-corrected chi connectivity index (χ3v) is 3.81. The number of halogens is 1. The summed E-state index contributed by atoms with van der Waals surface area (Å²) in [5.74, 6) is 0.151. The maximum absolute atomic E-state index is 14.2. The zero-order valence-electron chi connectivity index (χ0n) is 14.4. The summed E-state index contributed by atoms with van der Waals surface area (Å²) in [5.41, 5.74) is 4.29. The van der Waals surface area contributed by atoms with Crippen molar-refractivity contribution in [1.29, 1.82) is 0 Å². The Balaban J connectivity index is 2.06. The van der Waals surface area contributed by atoms with Crippen molar-refractivity contribution in [3.8, 4) is 0 Å². The van der Waals surface area contributed by atoms with Crippen molar-refractivity contribution in [2.24, 2.45) is 4.99 Å². The molecule has 3 nitrogen and oxygen atoms in total. The van der Waals surface area contributed by atoms with E-state index in [0.29, 0.717) is 18.0 Å². The van der Waals surface area contributed by atoms with Gasteiger partial charge in [0.2, 0.25) is 0 Å². The van der Waals surface area contributed by atoms with Crippen LogP contribution in [-0.2, 0) is 6.54 Å². The van der Waals surface area contributed by atoms with Crippen LogP contribution in [0, 0.1) is 5.82 Å². The monoisotopic (exact) mass is 325 g/mol. The van der Waals surface area contributed by atoms with Crippen molar-refractivity contribution in [2.45, 2.75) is 26.3 Å². The van der Waals surface area contributed by atoms with Gasteiger partial charge in [-0.3, -0.25) is 4.99 Å². The van der Waals surface area contributed by atoms with E-state index in [-0.39, 0.29) is 5.82 Å². The molecule has 2 aromatic rings. The Morgan fingerprint density at radius 2 is 2.04 bits per heavy atom. The molecule has 0 aliphatic rings. The number of hydrogen-bond donors (Lipinski definition) is 2. The molecular formula is C20H24FN3. The van der Waals surface area contributed by atoms with Crippen molar-refractivity contribution in [3.63, 3.8) is 0 Å². The molecule has 0 spiro atoms. The first-order valence-corrected chi connectivity index (χ1v) is 8.00. The van der Waals surface area contributed by atoms with Gasteiger partial charge in [0.15, 0.2) is 0 Å². The second-order valence-electron chi connectivity index (χ2n) is 5.95. The van der Waals surface area contributed by atoms with Gasteiger partial charge in [0.05, 0.1) is 6.34 Å². The zero-order valence-corrected chi connectivity index (χ0v) is 14.4. The molecule has 0 fully saturated rings. The van der Waals surface area contributed by atoms with Crippen molar-refractivity contribution < 1.29 is 4.39 Å². The molecule has 0 radical (unpaired) electrons. The van der Waals surface area contributed by atoms with E-state index in [9.17, 15) is 4.39 Å². The van der Waals surface area contributed by atoms with Crippen LogP contribution in [0.15, 0.2) is 54.0 Å². The lowest BCUT2D eigenvalue weighted by Gasteiger charge is -2.12. The van der Waals surface area contributed by atoms with Crippen LogP contribution in [0.3, 0.4) is 0 Å². The normalized spacial score (nSPS) is 11.0. The van der Waals surface area contributed by atoms with Crippen molar-refractivity contribution in [3.05, 3.63) is 71.6 Å². The minimum Gasteiger partial charge on any atom is -0.381 e. The fourth-order valence-corrected chi connectivity index (χ4v) is 2.31. The number of hydrogen-bond acceptors (Lipinski definition) is 2. The van der Waals surface area contributed by atoms with Gasteiger partial charge in [0, 0.05) is 30.5 Å². The molecule has 0 amide bonds. The van der Waals surface area contributed by atoms with E-state index in [4.69, 9.17) is 0 Å². The van der Waals surface area contributed by atoms with Crippen molar-refractivity contribution >= 4 is 17.7 Å². The first-order chi connectivity index (χ1) is 11.5. The zero-order chi connectivity index (χ0) is 17.5. The largest absolute Gasteiger partial charge is 0.381 e. The van der Waals surface area contributed by atoms with Crippen LogP contribution in [0.1, 0.15) is 36.5 Å². The Labute approximate surface area is 143 Å². The summed E-state index contributed by atoms with van der Waals surface area (Å²) in [6, 6.07) is 13.3. The highest BCUT2D eigenvalue weighted by atomic mass is 19.1. The predicted molar refractivity (Wildman–Crippen MR) is 101 cm³/mol. The third kappa shape index (κ3) is 4.69. The highest BCUT2D eigenvalue weighted by Gasteiger charge is 2.06. The lowest BCUT2D eigenvalue weighted by atomic mass is 10.0. The second kappa shape index (κ2) is 8.29. The molecule has 2 aromatic carbocycles. The van der Waals surface area contributed by atoms with Crippen molar-refractivity contribution in [2.75, 3.05) is 12.4 Å². The Morgan fingerprint density at radius 1 is 1.25 bits per heavy atom. The first kappa shape index (κ1) is 17.7. The molecule has 0 bridgehead atoms. The molecular weight excluding hydrogens is 301 g/mol. The fraction of sp³-hybridized carbons (Fsp3) is 0.250. The smallest absolute Gasteiger partial charge is 0.128 e. The van der Waals surface area contributed by atoms with Crippen LogP contribution >= 0.6 is 0 Å². The molecule has 0 unspecified atom stereocenters. The van der Waals surface area contributed by atoms with E-state index in [0.717, 1.165) is 22.5 Å². The Morgan fingerprint density at radius 3 is 2.71 bits per heavy atom. The molecule has 0 saturated carbocycles. The van der Waals surface area contributed by atoms with Gasteiger partial charge in [-0.25, -0.2) is 4.39 Å². The van der Waals surface area contributed by atoms with Gasteiger partial charge >= 0.3 is 0 Å². The highest BCUT2D eigenvalue weighted by molar-refractivity contribution is 5.75. The molecule has 4 heteroatoms. The molecule has 0 aliphatic heterocycles. The molecule has 0 aromatic heterocycles. The van der Waals surface area contributed by atoms with Gasteiger partial charge in [0.1, 0.15) is 5.82 Å². The van der Waals surface area contributed by atoms with Gasteiger partial charge in [-0.15, -0.1) is 0 Å². The van der Waals surface area contributed by atoms with Gasteiger partial charge in [-0.05, 0) is 35.2 Å². The molecule has 2 N–H and O–H groups in total. The fourth-order valence-electron chi connectivity index (χ4n) is 2.31. The van der Waals surface area contributed by atoms with Crippen LogP contribution in [0.2, 0.25) is 0 Å². The summed E-state index contributed by atoms with van der Waals surface area (Å²) >= 11 is 0. The third-order valence-electron chi connectivity index (χ3n) is 3.81. The average molecular weight is 325 g/mol. The van der Waals surface area contributed by atoms with Gasteiger partial charge in [-0.2, -0.15) is 0 Å². The summed E-state index contributed by atoms with van der Waals surface area (Å²) in [4.78, 5) is 3.87. The number of benzene rings is 2. The van der Waals surface area contributed by atoms with Crippen LogP contribution in [-0.4, -0.2) is 13.4 Å². The maximum Gasteiger partial charge on any atom is 0.128 e. The van der Waals surface area contributed by atoms with Gasteiger partial charge in [0.25, 0.3) is 0 Å². The number of rotatable bonds is 7. The number of anilines is 1. The number of aliphatic imine (C=N–C) groups is 1. The van der Waals surface area contributed by atoms with E-state index in [2.05, 4.69) is 36.1 Å². The lowest BCUT2D eigenvalue weighted by Crippen LogP contribution is -2.08. The minimum absolute atomic E-state index is 0.171. The number of nitrogens with zero attached hydrogens (tertiary/aromatic N) is 1. The molecule has 126 valence electrons. The predicted octanol–water partition coefficient (Wildman–Crippen LogP) is 4.78. The van der Waals surface area contributed by atoms with E-state index < -0.39 is 0 Å². The van der Waals surface area contributed by atoms with Gasteiger partial charge in [-0.1, -0.05) is 44.7 Å². The quantitative estimate of drug-likeness (QED) is 0.568. The molecule has 24 heavy (non-hydrogen) atoms. The van der Waals surface area contributed by atoms with Crippen LogP contribution < -0.4 is 10.6 Å². The van der Waals surface area contributed by atoms with E-state index in [1.165, 1.54) is 0 Å². The van der Waals surface area contributed by atoms with Crippen LogP contribution in [0.25, 0.3) is 5.70 Å². The summed E-state index contributed by atoms with van der Waals surface area (Å²) in [7, 11) is 1.69. The molecule has 0 saturated heterocycles. The van der Waals surface area contributed by atoms with E-state index in [1.54, 1.807) is 19.5 Å². The Hall–Kier alpha value is -2.62. The average Bonchev–Trinajstić information content (AvgIpc) is 2.58. The summed E-state index contributed by atoms with van der Waals surface area (Å²) in [6.45, 7) is 8.52. The Bertz CT molecular complexity index is 735. The lowest BCUT2D eigenvalue weighted by molar-refractivity contribution is 0.608. The highest BCUT2D eigenvalue weighted by Crippen LogP contribution is 2.20. The van der Waals surface area contributed by atoms with Crippen molar-refractivity contribution in [1.82, 2.24) is 5.32 Å². The topological polar surface area (TPSA) is 36.4 Å². The number of nitrogens with one attached hydrogen (secondary N) is 2. The molecule has 2 rings (SSSR count). The summed E-state index contributed by atoms with van der Waals surface area (Å²) < 4.78 is 14.2. The summed E-state index contributed by atoms with van der Waals surface area (Å²) in [5, 5.41) is 6.26. The standard InChI is InChI=1S/C20H24FN3/c1-14(2)16-8-9-18(20(21)11-16)12-23-19-7-5-6-17(10-19)15(3)24-13-22-4/h5-11,13-14,23H,3,12H2,1-2,4H3,(H,22,24). The van der Waals surface area contributed by atoms with Crippen LogP contribution in [0.4, 0.5) is 10.1 Å². The maximum atomic E-state index is 14.2. The second-order valence-corrected chi connectivity index (χ2v) is 5.95. The molecule has 0 atom stereocenters. The van der Waals surface area contributed by atoms with Gasteiger partial charge < -0.3 is 10.6 Å². The van der Waals surface area contributed by atoms with E-state index in [1.807, 2.05) is 36.4 Å². The molecule has 0 heterocycles. The first-order valence-electron chi connectivity index (χ1n) is 8.00. The molecule has 0 aliphatic carbocycles. The van der Waals surface area contributed by atoms with Crippen LogP contribution in [0.5, 0.6) is 0 Å².